The smallest absolute Gasteiger partial charge is 0.337 e. The maximum absolute atomic E-state index is 10.9. The van der Waals surface area contributed by atoms with Gasteiger partial charge in [0.25, 0.3) is 0 Å². The topological polar surface area (TPSA) is 74.0 Å². The van der Waals surface area contributed by atoms with Gasteiger partial charge in [0.2, 0.25) is 0 Å². The monoisotopic (exact) mass is 222 g/mol. The van der Waals surface area contributed by atoms with Crippen molar-refractivity contribution in [2.45, 2.75) is 18.8 Å². The summed E-state index contributed by atoms with van der Waals surface area (Å²) in [5.41, 5.74) is 0.560. The molecule has 1 fully saturated rings. The number of nitriles is 1. The number of halogens is 1. The first-order valence-corrected chi connectivity index (χ1v) is 4.85. The summed E-state index contributed by atoms with van der Waals surface area (Å²) in [5.74, 6) is -0.828. The summed E-state index contributed by atoms with van der Waals surface area (Å²) in [5, 5.41) is 17.7. The third-order valence-corrected chi connectivity index (χ3v) is 2.61. The number of carboxylic acids is 1. The molecule has 0 amide bonds. The van der Waals surface area contributed by atoms with Crippen molar-refractivity contribution in [2.24, 2.45) is 0 Å². The average molecular weight is 223 g/mol. The van der Waals surface area contributed by atoms with E-state index in [1.54, 1.807) is 6.07 Å². The number of hydrogen-bond donors (Lipinski definition) is 1. The van der Waals surface area contributed by atoms with Gasteiger partial charge in [-0.1, -0.05) is 11.6 Å². The highest BCUT2D eigenvalue weighted by atomic mass is 35.5. The quantitative estimate of drug-likeness (QED) is 0.779. The Bertz CT molecular complexity index is 475. The van der Waals surface area contributed by atoms with E-state index >= 15 is 0 Å². The number of pyridine rings is 1. The van der Waals surface area contributed by atoms with Crippen LogP contribution in [0.3, 0.4) is 0 Å². The van der Waals surface area contributed by atoms with Gasteiger partial charge < -0.3 is 5.11 Å². The number of aromatic nitrogens is 1. The van der Waals surface area contributed by atoms with Crippen LogP contribution < -0.4 is 0 Å². The second-order valence-corrected chi connectivity index (χ2v) is 3.81. The van der Waals surface area contributed by atoms with Crippen LogP contribution in [0.2, 0.25) is 5.15 Å². The SMILES string of the molecule is N#Cc1c(C(=O)O)cc(C2CC2)nc1Cl. The molecule has 1 heterocycles. The predicted octanol–water partition coefficient (Wildman–Crippen LogP) is 2.18. The lowest BCUT2D eigenvalue weighted by molar-refractivity contribution is 0.0696. The predicted molar refractivity (Wildman–Crippen MR) is 52.9 cm³/mol. The molecule has 0 bridgehead atoms. The number of carbonyl (C=O) groups is 1. The van der Waals surface area contributed by atoms with Gasteiger partial charge in [-0.2, -0.15) is 5.26 Å². The van der Waals surface area contributed by atoms with Gasteiger partial charge in [0.1, 0.15) is 16.8 Å². The fraction of sp³-hybridized carbons (Fsp3) is 0.300. The van der Waals surface area contributed by atoms with E-state index < -0.39 is 5.97 Å². The van der Waals surface area contributed by atoms with Crippen LogP contribution in [0.5, 0.6) is 0 Å². The van der Waals surface area contributed by atoms with Crippen molar-refractivity contribution in [1.82, 2.24) is 4.98 Å². The van der Waals surface area contributed by atoms with Crippen molar-refractivity contribution in [3.05, 3.63) is 28.0 Å². The lowest BCUT2D eigenvalue weighted by Gasteiger charge is -2.04. The van der Waals surface area contributed by atoms with Gasteiger partial charge in [0, 0.05) is 11.6 Å². The van der Waals surface area contributed by atoms with E-state index in [-0.39, 0.29) is 16.3 Å². The van der Waals surface area contributed by atoms with Crippen LogP contribution in [0.1, 0.15) is 40.4 Å². The Labute approximate surface area is 91.1 Å². The van der Waals surface area contributed by atoms with Gasteiger partial charge in [0.15, 0.2) is 0 Å². The first-order chi connectivity index (χ1) is 7.13. The zero-order valence-corrected chi connectivity index (χ0v) is 8.45. The molecule has 2 rings (SSSR count). The maximum Gasteiger partial charge on any atom is 0.337 e. The van der Waals surface area contributed by atoms with Crippen LogP contribution in [0.4, 0.5) is 0 Å². The van der Waals surface area contributed by atoms with Crippen molar-refractivity contribution in [2.75, 3.05) is 0 Å². The minimum Gasteiger partial charge on any atom is -0.478 e. The van der Waals surface area contributed by atoms with E-state index in [4.69, 9.17) is 22.0 Å². The van der Waals surface area contributed by atoms with Crippen LogP contribution in [0.25, 0.3) is 0 Å². The van der Waals surface area contributed by atoms with Gasteiger partial charge in [-0.25, -0.2) is 9.78 Å². The molecule has 76 valence electrons. The van der Waals surface area contributed by atoms with Gasteiger partial charge in [-0.3, -0.25) is 0 Å². The molecule has 1 N–H and O–H groups in total. The molecule has 15 heavy (non-hydrogen) atoms. The zero-order chi connectivity index (χ0) is 11.0. The van der Waals surface area contributed by atoms with E-state index in [0.717, 1.165) is 12.8 Å². The lowest BCUT2D eigenvalue weighted by Crippen LogP contribution is -2.04. The van der Waals surface area contributed by atoms with Gasteiger partial charge in [-0.05, 0) is 18.9 Å². The largest absolute Gasteiger partial charge is 0.478 e. The minimum atomic E-state index is -1.14. The van der Waals surface area contributed by atoms with Crippen LogP contribution in [0.15, 0.2) is 6.07 Å². The van der Waals surface area contributed by atoms with E-state index in [1.165, 1.54) is 6.07 Å². The van der Waals surface area contributed by atoms with Crippen molar-refractivity contribution in [3.8, 4) is 6.07 Å². The fourth-order valence-corrected chi connectivity index (χ4v) is 1.64. The Morgan fingerprint density at radius 3 is 2.80 bits per heavy atom. The summed E-state index contributed by atoms with van der Waals surface area (Å²) >= 11 is 5.75. The number of rotatable bonds is 2. The highest BCUT2D eigenvalue weighted by Crippen LogP contribution is 2.40. The van der Waals surface area contributed by atoms with Gasteiger partial charge in [-0.15, -0.1) is 0 Å². The van der Waals surface area contributed by atoms with Crippen LogP contribution in [-0.2, 0) is 0 Å². The number of aromatic carboxylic acids is 1. The molecule has 0 aromatic carbocycles. The Morgan fingerprint density at radius 2 is 2.33 bits per heavy atom. The van der Waals surface area contributed by atoms with Crippen LogP contribution >= 0.6 is 11.6 Å². The number of carboxylic acid groups (broad SMARTS) is 1. The average Bonchev–Trinajstić information content (AvgIpc) is 2.99. The van der Waals surface area contributed by atoms with Crippen molar-refractivity contribution in [1.29, 1.82) is 5.26 Å². The molecule has 0 radical (unpaired) electrons. The van der Waals surface area contributed by atoms with E-state index in [2.05, 4.69) is 4.98 Å². The molecular weight excluding hydrogens is 216 g/mol. The normalized spacial score (nSPS) is 14.7. The Kier molecular flexibility index (Phi) is 2.33. The Hall–Kier alpha value is -1.60. The molecule has 1 aromatic heterocycles. The molecule has 4 nitrogen and oxygen atoms in total. The van der Waals surface area contributed by atoms with E-state index in [9.17, 15) is 4.79 Å². The summed E-state index contributed by atoms with van der Waals surface area (Å²) < 4.78 is 0. The number of hydrogen-bond acceptors (Lipinski definition) is 3. The molecule has 0 aliphatic heterocycles. The van der Waals surface area contributed by atoms with E-state index in [0.29, 0.717) is 11.6 Å². The summed E-state index contributed by atoms with van der Waals surface area (Å²) in [6.45, 7) is 0. The molecular formula is C10H7ClN2O2. The van der Waals surface area contributed by atoms with Crippen molar-refractivity contribution in [3.63, 3.8) is 0 Å². The Morgan fingerprint density at radius 1 is 1.67 bits per heavy atom. The second-order valence-electron chi connectivity index (χ2n) is 3.45. The third-order valence-electron chi connectivity index (χ3n) is 2.33. The van der Waals surface area contributed by atoms with Crippen molar-refractivity contribution >= 4 is 17.6 Å². The van der Waals surface area contributed by atoms with Crippen molar-refractivity contribution < 1.29 is 9.90 Å². The first-order valence-electron chi connectivity index (χ1n) is 4.47. The minimum absolute atomic E-state index is 0.0145. The highest BCUT2D eigenvalue weighted by molar-refractivity contribution is 6.31. The molecule has 1 aliphatic carbocycles. The first kappa shape index (κ1) is 9.94. The Balaban J connectivity index is 2.58. The van der Waals surface area contributed by atoms with E-state index in [1.807, 2.05) is 0 Å². The van der Waals surface area contributed by atoms with Crippen LogP contribution in [-0.4, -0.2) is 16.1 Å². The maximum atomic E-state index is 10.9. The fourth-order valence-electron chi connectivity index (χ4n) is 1.40. The zero-order valence-electron chi connectivity index (χ0n) is 7.70. The second kappa shape index (κ2) is 3.52. The number of nitrogens with zero attached hydrogens (tertiary/aromatic N) is 2. The summed E-state index contributed by atoms with van der Waals surface area (Å²) in [7, 11) is 0. The summed E-state index contributed by atoms with van der Waals surface area (Å²) in [6.07, 6.45) is 2.02. The third kappa shape index (κ3) is 1.79. The lowest BCUT2D eigenvalue weighted by atomic mass is 10.1. The molecule has 0 unspecified atom stereocenters. The summed E-state index contributed by atoms with van der Waals surface area (Å²) in [6, 6.07) is 3.21. The molecule has 0 saturated heterocycles. The summed E-state index contributed by atoms with van der Waals surface area (Å²) in [4.78, 5) is 14.9. The standard InChI is InChI=1S/C10H7ClN2O2/c11-9-7(4-12)6(10(14)15)3-8(13-9)5-1-2-5/h3,5H,1-2H2,(H,14,15). The molecule has 1 aliphatic rings. The molecule has 1 saturated carbocycles. The molecule has 1 aromatic rings. The van der Waals surface area contributed by atoms with Gasteiger partial charge >= 0.3 is 5.97 Å². The van der Waals surface area contributed by atoms with Crippen LogP contribution in [0, 0.1) is 11.3 Å². The molecule has 5 heteroatoms. The van der Waals surface area contributed by atoms with Gasteiger partial charge in [0.05, 0.1) is 5.56 Å². The highest BCUT2D eigenvalue weighted by Gasteiger charge is 2.28. The molecule has 0 spiro atoms. The molecule has 0 atom stereocenters.